The van der Waals surface area contributed by atoms with Crippen LogP contribution in [-0.2, 0) is 46.4 Å². The molecule has 0 N–H and O–H groups in total. The molecule has 0 unspecified atom stereocenters. The summed E-state index contributed by atoms with van der Waals surface area (Å²) in [5.41, 5.74) is 5.30. The molecular formula is C26H28O6S2Zr. The summed E-state index contributed by atoms with van der Waals surface area (Å²) in [6, 6.07) is 14.4. The Labute approximate surface area is 228 Å². The molecule has 0 bridgehead atoms. The molecule has 2 aromatic rings. The van der Waals surface area contributed by atoms with Gasteiger partial charge >= 0.3 is 26.2 Å². The molecule has 0 atom stereocenters. The molecule has 0 amide bonds. The maximum atomic E-state index is 10.3. The first-order chi connectivity index (χ1) is 15.8. The topological polar surface area (TPSA) is 114 Å². The van der Waals surface area contributed by atoms with Gasteiger partial charge in [-0.1, -0.05) is 76.9 Å². The van der Waals surface area contributed by atoms with E-state index in [-0.39, 0.29) is 36.0 Å². The van der Waals surface area contributed by atoms with E-state index in [1.165, 1.54) is 70.8 Å². The molecule has 0 radical (unpaired) electrons. The Hall–Kier alpha value is -1.90. The molecule has 0 aliphatic heterocycles. The molecular weight excluding hydrogens is 564 g/mol. The van der Waals surface area contributed by atoms with Gasteiger partial charge in [-0.15, -0.1) is 0 Å². The quantitative estimate of drug-likeness (QED) is 0.344. The van der Waals surface area contributed by atoms with Gasteiger partial charge in [-0.25, -0.2) is 40.1 Å². The van der Waals surface area contributed by atoms with Crippen molar-refractivity contribution in [1.82, 2.24) is 0 Å². The average Bonchev–Trinajstić information content (AvgIpc) is 3.35. The first kappa shape index (κ1) is 33.1. The minimum Gasteiger partial charge on any atom is -0.744 e. The zero-order chi connectivity index (χ0) is 25.8. The Morgan fingerprint density at radius 3 is 1.00 bits per heavy atom. The van der Waals surface area contributed by atoms with Crippen LogP contribution in [0.25, 0.3) is 0 Å². The molecule has 0 fully saturated rings. The normalized spacial score (nSPS) is 14.1. The van der Waals surface area contributed by atoms with E-state index in [1.807, 2.05) is 0 Å². The average molecular weight is 592 g/mol. The summed E-state index contributed by atoms with van der Waals surface area (Å²) in [4.78, 5) is -0.370. The van der Waals surface area contributed by atoms with Crippen LogP contribution >= 0.6 is 0 Å². The van der Waals surface area contributed by atoms with Crippen molar-refractivity contribution in [2.24, 2.45) is 0 Å². The zero-order valence-corrected chi connectivity index (χ0v) is 24.2. The Bertz CT molecular complexity index is 1160. The fourth-order valence-corrected chi connectivity index (χ4v) is 3.64. The third kappa shape index (κ3) is 15.0. The molecule has 35 heavy (non-hydrogen) atoms. The van der Waals surface area contributed by atoms with Gasteiger partial charge < -0.3 is 9.11 Å². The fraction of sp³-hybridized carbons (Fsp3) is 0.231. The van der Waals surface area contributed by atoms with Crippen LogP contribution < -0.4 is 0 Å². The first-order valence-electron chi connectivity index (χ1n) is 10.3. The number of hydrogen-bond donors (Lipinski definition) is 0. The van der Waals surface area contributed by atoms with Crippen molar-refractivity contribution in [1.29, 1.82) is 0 Å². The van der Waals surface area contributed by atoms with Crippen molar-refractivity contribution in [2.75, 3.05) is 0 Å². The van der Waals surface area contributed by atoms with Crippen molar-refractivity contribution >= 4 is 20.2 Å². The van der Waals surface area contributed by atoms with Gasteiger partial charge in [-0.2, -0.15) is 11.1 Å². The molecule has 2 aliphatic carbocycles. The summed E-state index contributed by atoms with van der Waals surface area (Å²) >= 11 is 0. The van der Waals surface area contributed by atoms with Crippen molar-refractivity contribution in [3.05, 3.63) is 107 Å². The van der Waals surface area contributed by atoms with Gasteiger partial charge in [0.2, 0.25) is 0 Å². The second kappa shape index (κ2) is 16.0. The van der Waals surface area contributed by atoms with Gasteiger partial charge in [0.05, 0.1) is 9.79 Å². The maximum Gasteiger partial charge on any atom is 4.00 e. The maximum absolute atomic E-state index is 10.3. The van der Waals surface area contributed by atoms with Crippen molar-refractivity contribution < 1.29 is 52.1 Å². The summed E-state index contributed by atoms with van der Waals surface area (Å²) in [7, 11) is -8.51. The Morgan fingerprint density at radius 2 is 0.886 bits per heavy atom. The predicted molar refractivity (Wildman–Crippen MR) is 130 cm³/mol. The molecule has 0 spiro atoms. The van der Waals surface area contributed by atoms with E-state index in [1.54, 1.807) is 12.1 Å². The van der Waals surface area contributed by atoms with Crippen LogP contribution in [0.3, 0.4) is 0 Å². The van der Waals surface area contributed by atoms with Crippen LogP contribution in [0.1, 0.15) is 40.5 Å². The number of hydrogen-bond acceptors (Lipinski definition) is 6. The minimum absolute atomic E-state index is 0. The van der Waals surface area contributed by atoms with Crippen LogP contribution in [0.15, 0.2) is 105 Å². The van der Waals surface area contributed by atoms with Crippen molar-refractivity contribution in [2.45, 2.75) is 50.3 Å². The van der Waals surface area contributed by atoms with Gasteiger partial charge in [0.15, 0.2) is 0 Å². The predicted octanol–water partition coefficient (Wildman–Crippen LogP) is 5.35. The molecule has 0 heterocycles. The second-order valence-electron chi connectivity index (χ2n) is 7.53. The second-order valence-corrected chi connectivity index (χ2v) is 10.3. The first-order valence-corrected chi connectivity index (χ1v) is 13.1. The van der Waals surface area contributed by atoms with E-state index in [9.17, 15) is 25.9 Å². The summed E-state index contributed by atoms with van der Waals surface area (Å²) in [5, 5.41) is 0. The van der Waals surface area contributed by atoms with E-state index in [2.05, 4.69) is 52.0 Å². The minimum atomic E-state index is -4.25. The largest absolute Gasteiger partial charge is 4.00 e. The van der Waals surface area contributed by atoms with Gasteiger partial charge in [-0.3, -0.25) is 12.2 Å². The monoisotopic (exact) mass is 590 g/mol. The molecule has 0 aromatic heterocycles. The molecule has 0 saturated heterocycles. The molecule has 9 heteroatoms. The van der Waals surface area contributed by atoms with Crippen molar-refractivity contribution in [3.63, 3.8) is 0 Å². The smallest absolute Gasteiger partial charge is 0.744 e. The van der Waals surface area contributed by atoms with E-state index in [0.717, 1.165) is 12.8 Å². The van der Waals surface area contributed by atoms with E-state index in [4.69, 9.17) is 0 Å². The van der Waals surface area contributed by atoms with Gasteiger partial charge in [-0.05, 0) is 24.3 Å². The van der Waals surface area contributed by atoms with Crippen LogP contribution in [-0.4, -0.2) is 25.9 Å². The van der Waals surface area contributed by atoms with E-state index in [0.29, 0.717) is 0 Å². The third-order valence-corrected chi connectivity index (χ3v) is 6.01. The molecule has 184 valence electrons. The standard InChI is InChI=1S/2C7H9.2C6H6O3S.Zr/c2*1-6-3-4-7(2)5-6;2*7-10(8,9)6-4-2-1-3-5-6;/h2*3H,4H2,1-2H3;2*1-5H,(H,7,8,9);/q2*-1;;;+4/p-2. The molecule has 4 rings (SSSR count). The SMILES string of the molecule is CC1=[C-]C(C)=CC1.CC1=[C-]C(C)=CC1.O=S(=O)([O-])c1ccccc1.O=S(=O)([O-])c1ccccc1.[Zr+4]. The molecule has 6 nitrogen and oxygen atoms in total. The van der Waals surface area contributed by atoms with Crippen LogP contribution in [0.4, 0.5) is 0 Å². The van der Waals surface area contributed by atoms with Gasteiger partial charge in [0.25, 0.3) is 0 Å². The molecule has 2 aliphatic rings. The number of allylic oxidation sites excluding steroid dienone is 8. The summed E-state index contributed by atoms with van der Waals surface area (Å²) in [5.74, 6) is 0. The summed E-state index contributed by atoms with van der Waals surface area (Å²) in [6.07, 6.45) is 13.0. The van der Waals surface area contributed by atoms with Crippen LogP contribution in [0.5, 0.6) is 0 Å². The van der Waals surface area contributed by atoms with E-state index < -0.39 is 20.2 Å². The van der Waals surface area contributed by atoms with Gasteiger partial charge in [0.1, 0.15) is 20.2 Å². The summed E-state index contributed by atoms with van der Waals surface area (Å²) in [6.45, 7) is 8.37. The molecule has 2 aromatic carbocycles. The fourth-order valence-electron chi connectivity index (χ4n) is 2.66. The Morgan fingerprint density at radius 1 is 0.600 bits per heavy atom. The number of benzene rings is 2. The van der Waals surface area contributed by atoms with E-state index >= 15 is 0 Å². The van der Waals surface area contributed by atoms with Crippen LogP contribution in [0, 0.1) is 12.2 Å². The van der Waals surface area contributed by atoms with Crippen molar-refractivity contribution in [3.8, 4) is 0 Å². The summed E-state index contributed by atoms with van der Waals surface area (Å²) < 4.78 is 61.7. The third-order valence-electron chi connectivity index (χ3n) is 4.31. The van der Waals surface area contributed by atoms with Gasteiger partial charge in [0, 0.05) is 0 Å². The van der Waals surface area contributed by atoms with Crippen LogP contribution in [0.2, 0.25) is 0 Å². The molecule has 0 saturated carbocycles. The Kier molecular flexibility index (Phi) is 15.1. The zero-order valence-electron chi connectivity index (χ0n) is 20.1. The number of rotatable bonds is 2. The Balaban J connectivity index is 0.000000442.